The van der Waals surface area contributed by atoms with Gasteiger partial charge in [-0.1, -0.05) is 82.7 Å². The smallest absolute Gasteiger partial charge is 0.341 e. The average Bonchev–Trinajstić information content (AvgIpc) is 3.12. The van der Waals surface area contributed by atoms with Crippen molar-refractivity contribution in [1.29, 1.82) is 0 Å². The fourth-order valence-corrected chi connectivity index (χ4v) is 2.80. The van der Waals surface area contributed by atoms with Crippen LogP contribution in [0.4, 0.5) is 0 Å². The lowest BCUT2D eigenvalue weighted by molar-refractivity contribution is 0.0459. The summed E-state index contributed by atoms with van der Waals surface area (Å²) in [5, 5.41) is 0. The lowest BCUT2D eigenvalue weighted by atomic mass is 10.2. The highest BCUT2D eigenvalue weighted by atomic mass is 79.9. The first kappa shape index (κ1) is 21.5. The molecule has 0 aromatic heterocycles. The number of carbonyl (C=O) groups excluding carboxylic acids is 1. The number of esters is 1. The Labute approximate surface area is 174 Å². The van der Waals surface area contributed by atoms with E-state index in [2.05, 4.69) is 36.4 Å². The van der Waals surface area contributed by atoms with Gasteiger partial charge < -0.3 is 14.2 Å². The van der Waals surface area contributed by atoms with Gasteiger partial charge >= 0.3 is 5.97 Å². The van der Waals surface area contributed by atoms with Gasteiger partial charge in [-0.25, -0.2) is 4.79 Å². The van der Waals surface area contributed by atoms with Gasteiger partial charge in [-0.15, -0.1) is 0 Å². The molecule has 1 heterocycles. The number of ether oxygens (including phenoxy) is 3. The van der Waals surface area contributed by atoms with Gasteiger partial charge in [0.15, 0.2) is 11.5 Å². The molecule has 146 valence electrons. The van der Waals surface area contributed by atoms with Crippen LogP contribution >= 0.6 is 15.9 Å². The van der Waals surface area contributed by atoms with Crippen molar-refractivity contribution in [3.63, 3.8) is 0 Å². The van der Waals surface area contributed by atoms with Crippen LogP contribution in [-0.2, 0) is 4.74 Å². The third kappa shape index (κ3) is 5.86. The molecule has 5 heteroatoms. The fourth-order valence-electron chi connectivity index (χ4n) is 2.36. The van der Waals surface area contributed by atoms with E-state index in [9.17, 15) is 4.79 Å². The Kier molecular flexibility index (Phi) is 8.08. The van der Waals surface area contributed by atoms with Gasteiger partial charge in [0.1, 0.15) is 5.56 Å². The predicted octanol–water partition coefficient (Wildman–Crippen LogP) is 6.40. The molecule has 0 bridgehead atoms. The standard InChI is InChI=1S/C15H11BrO4.C8H12/c1-18-14(17)11-7-10(16)8-12-13(11)20-15(19-12)9-5-3-2-4-6-9;1-4-5-6-7-8(2)3/h2-8,15H,1H3;4-7H,1H2,2-3H3/b;6-5-. The van der Waals surface area contributed by atoms with Crippen LogP contribution in [-0.4, -0.2) is 13.1 Å². The number of rotatable bonds is 4. The van der Waals surface area contributed by atoms with Crippen molar-refractivity contribution in [3.8, 4) is 11.5 Å². The normalized spacial score (nSPS) is 14.1. The van der Waals surface area contributed by atoms with E-state index in [1.165, 1.54) is 12.7 Å². The van der Waals surface area contributed by atoms with Crippen molar-refractivity contribution < 1.29 is 19.0 Å². The minimum absolute atomic E-state index is 0.343. The second kappa shape index (κ2) is 10.5. The lowest BCUT2D eigenvalue weighted by Gasteiger charge is -2.10. The van der Waals surface area contributed by atoms with Gasteiger partial charge in [0.25, 0.3) is 6.29 Å². The number of hydrogen-bond acceptors (Lipinski definition) is 4. The molecule has 1 aliphatic rings. The SMILES string of the molecule is C=C/C=C\C=C(C)C.COC(=O)c1cc(Br)cc2c1OC(c1ccccc1)O2. The summed E-state index contributed by atoms with van der Waals surface area (Å²) in [5.74, 6) is 0.474. The van der Waals surface area contributed by atoms with Crippen LogP contribution in [0.3, 0.4) is 0 Å². The van der Waals surface area contributed by atoms with Gasteiger partial charge in [0.2, 0.25) is 0 Å². The summed E-state index contributed by atoms with van der Waals surface area (Å²) in [7, 11) is 1.33. The van der Waals surface area contributed by atoms with Gasteiger partial charge in [-0.3, -0.25) is 0 Å². The van der Waals surface area contributed by atoms with Crippen molar-refractivity contribution in [3.05, 3.63) is 94.5 Å². The van der Waals surface area contributed by atoms with Crippen LogP contribution in [0.1, 0.15) is 36.1 Å². The van der Waals surface area contributed by atoms with E-state index in [-0.39, 0.29) is 0 Å². The Morgan fingerprint density at radius 3 is 2.46 bits per heavy atom. The third-order valence-electron chi connectivity index (χ3n) is 3.63. The van der Waals surface area contributed by atoms with Crippen LogP contribution in [0, 0.1) is 0 Å². The maximum absolute atomic E-state index is 11.8. The molecule has 0 radical (unpaired) electrons. The maximum atomic E-state index is 11.8. The summed E-state index contributed by atoms with van der Waals surface area (Å²) in [6.07, 6.45) is 7.14. The Morgan fingerprint density at radius 2 is 1.86 bits per heavy atom. The number of allylic oxidation sites excluding steroid dienone is 5. The van der Waals surface area contributed by atoms with Gasteiger partial charge in [-0.2, -0.15) is 0 Å². The van der Waals surface area contributed by atoms with Crippen LogP contribution in [0.5, 0.6) is 11.5 Å². The van der Waals surface area contributed by atoms with E-state index >= 15 is 0 Å². The van der Waals surface area contributed by atoms with E-state index in [1.807, 2.05) is 48.6 Å². The van der Waals surface area contributed by atoms with E-state index in [4.69, 9.17) is 14.2 Å². The second-order valence-electron chi connectivity index (χ2n) is 6.12. The van der Waals surface area contributed by atoms with Crippen LogP contribution < -0.4 is 9.47 Å². The Hall–Kier alpha value is -2.79. The van der Waals surface area contributed by atoms with Gasteiger partial charge in [-0.05, 0) is 26.0 Å². The molecule has 0 saturated heterocycles. The van der Waals surface area contributed by atoms with Crippen molar-refractivity contribution >= 4 is 21.9 Å². The maximum Gasteiger partial charge on any atom is 0.341 e. The van der Waals surface area contributed by atoms with E-state index in [0.29, 0.717) is 17.1 Å². The average molecular weight is 443 g/mol. The molecule has 0 spiro atoms. The number of hydrogen-bond donors (Lipinski definition) is 0. The van der Waals surface area contributed by atoms with E-state index in [0.717, 1.165) is 10.0 Å². The molecular formula is C23H23BrO4. The zero-order valence-electron chi connectivity index (χ0n) is 16.1. The van der Waals surface area contributed by atoms with Crippen LogP contribution in [0.2, 0.25) is 0 Å². The largest absolute Gasteiger partial charge is 0.465 e. The van der Waals surface area contributed by atoms with Crippen molar-refractivity contribution in [2.45, 2.75) is 20.1 Å². The first-order valence-corrected chi connectivity index (χ1v) is 9.48. The molecule has 1 aliphatic heterocycles. The highest BCUT2D eigenvalue weighted by molar-refractivity contribution is 9.10. The number of halogens is 1. The number of carbonyl (C=O) groups is 1. The molecule has 2 aromatic rings. The molecule has 0 fully saturated rings. The summed E-state index contributed by atoms with van der Waals surface area (Å²) >= 11 is 3.35. The summed E-state index contributed by atoms with van der Waals surface area (Å²) in [4.78, 5) is 11.8. The molecule has 0 aliphatic carbocycles. The minimum Gasteiger partial charge on any atom is -0.465 e. The highest BCUT2D eigenvalue weighted by Gasteiger charge is 2.31. The fraction of sp³-hybridized carbons (Fsp3) is 0.174. The van der Waals surface area contributed by atoms with Crippen molar-refractivity contribution in [2.24, 2.45) is 0 Å². The highest BCUT2D eigenvalue weighted by Crippen LogP contribution is 2.44. The molecule has 0 N–H and O–H groups in total. The zero-order valence-corrected chi connectivity index (χ0v) is 17.7. The Bertz CT molecular complexity index is 881. The Morgan fingerprint density at radius 1 is 1.14 bits per heavy atom. The molecular weight excluding hydrogens is 420 g/mol. The molecule has 3 rings (SSSR count). The summed E-state index contributed by atoms with van der Waals surface area (Å²) in [5.41, 5.74) is 2.54. The first-order valence-electron chi connectivity index (χ1n) is 8.69. The predicted molar refractivity (Wildman–Crippen MR) is 115 cm³/mol. The number of methoxy groups -OCH3 is 1. The van der Waals surface area contributed by atoms with E-state index < -0.39 is 12.3 Å². The van der Waals surface area contributed by atoms with Crippen LogP contribution in [0.25, 0.3) is 0 Å². The third-order valence-corrected chi connectivity index (χ3v) is 4.09. The van der Waals surface area contributed by atoms with Crippen molar-refractivity contribution in [1.82, 2.24) is 0 Å². The number of fused-ring (bicyclic) bond motifs is 1. The van der Waals surface area contributed by atoms with Gasteiger partial charge in [0.05, 0.1) is 7.11 Å². The monoisotopic (exact) mass is 442 g/mol. The van der Waals surface area contributed by atoms with Crippen molar-refractivity contribution in [2.75, 3.05) is 7.11 Å². The molecule has 0 amide bonds. The topological polar surface area (TPSA) is 44.8 Å². The second-order valence-corrected chi connectivity index (χ2v) is 7.03. The molecule has 1 unspecified atom stereocenters. The van der Waals surface area contributed by atoms with Gasteiger partial charge in [0, 0.05) is 10.0 Å². The molecule has 0 saturated carbocycles. The lowest BCUT2D eigenvalue weighted by Crippen LogP contribution is -2.08. The van der Waals surface area contributed by atoms with E-state index in [1.54, 1.807) is 18.2 Å². The zero-order chi connectivity index (χ0) is 20.5. The summed E-state index contributed by atoms with van der Waals surface area (Å²) < 4.78 is 17.0. The molecule has 2 aromatic carbocycles. The first-order chi connectivity index (χ1) is 13.5. The minimum atomic E-state index is -0.552. The summed E-state index contributed by atoms with van der Waals surface area (Å²) in [6, 6.07) is 13.0. The Balaban J connectivity index is 0.000000300. The molecule has 1 atom stereocenters. The molecule has 28 heavy (non-hydrogen) atoms. The summed E-state index contributed by atoms with van der Waals surface area (Å²) in [6.45, 7) is 7.67. The molecule has 4 nitrogen and oxygen atoms in total. The number of benzene rings is 2. The van der Waals surface area contributed by atoms with Crippen LogP contribution in [0.15, 0.2) is 83.4 Å². The quantitative estimate of drug-likeness (QED) is 0.405.